The van der Waals surface area contributed by atoms with Gasteiger partial charge in [0.1, 0.15) is 5.82 Å². The summed E-state index contributed by atoms with van der Waals surface area (Å²) in [6.07, 6.45) is 6.49. The van der Waals surface area contributed by atoms with Gasteiger partial charge in [0.2, 0.25) is 0 Å². The Morgan fingerprint density at radius 3 is 2.38 bits per heavy atom. The zero-order valence-electron chi connectivity index (χ0n) is 22.6. The van der Waals surface area contributed by atoms with E-state index < -0.39 is 9.84 Å². The van der Waals surface area contributed by atoms with Crippen LogP contribution in [0.4, 0.5) is 0 Å². The fourth-order valence-corrected chi connectivity index (χ4v) is 7.78. The van der Waals surface area contributed by atoms with Crippen LogP contribution in [-0.2, 0) is 9.84 Å². The summed E-state index contributed by atoms with van der Waals surface area (Å²) in [7, 11) is -3.21. The van der Waals surface area contributed by atoms with Crippen LogP contribution in [0, 0.1) is 18.3 Å². The van der Waals surface area contributed by atoms with Crippen molar-refractivity contribution in [3.63, 3.8) is 0 Å². The van der Waals surface area contributed by atoms with Gasteiger partial charge in [-0.2, -0.15) is 0 Å². The Morgan fingerprint density at radius 2 is 1.76 bits per heavy atom. The number of aryl methyl sites for hydroxylation is 1. The fraction of sp³-hybridized carbons (Fsp3) is 0.567. The minimum Gasteiger partial charge on any atom is -0.338 e. The summed E-state index contributed by atoms with van der Waals surface area (Å²) in [5.74, 6) is 2.16. The molecular weight excluding hydrogens is 480 g/mol. The van der Waals surface area contributed by atoms with Gasteiger partial charge in [-0.15, -0.1) is 0 Å². The first kappa shape index (κ1) is 25.1. The largest absolute Gasteiger partial charge is 0.338 e. The highest BCUT2D eigenvalue weighted by atomic mass is 32.2. The van der Waals surface area contributed by atoms with E-state index in [0.29, 0.717) is 16.2 Å². The molecule has 3 fully saturated rings. The lowest BCUT2D eigenvalue weighted by atomic mass is 9.60. The van der Waals surface area contributed by atoms with Crippen LogP contribution in [0.25, 0.3) is 22.4 Å². The number of aromatic amines is 1. The predicted octanol–water partition coefficient (Wildman–Crippen LogP) is 5.24. The van der Waals surface area contributed by atoms with Crippen LogP contribution in [0.15, 0.2) is 41.3 Å². The number of likely N-dealkylation sites (tertiary alicyclic amines) is 2. The molecule has 3 aliphatic rings. The maximum atomic E-state index is 11.8. The molecule has 3 aromatic rings. The SMILES string of the molecule is Cc1cc(C2CCN(C3CC4(C3)CN(CC(C)C)C4)CC2)cc2[nH]c(-c3ccc(S(C)(=O)=O)cc3)nc12. The molecule has 3 heterocycles. The van der Waals surface area contributed by atoms with Crippen molar-refractivity contribution < 1.29 is 8.42 Å². The Labute approximate surface area is 221 Å². The van der Waals surface area contributed by atoms with Gasteiger partial charge < -0.3 is 14.8 Å². The monoisotopic (exact) mass is 520 g/mol. The summed E-state index contributed by atoms with van der Waals surface area (Å²) in [6, 6.07) is 12.4. The number of hydrogen-bond donors (Lipinski definition) is 1. The lowest BCUT2D eigenvalue weighted by Gasteiger charge is -2.62. The molecule has 1 saturated carbocycles. The predicted molar refractivity (Wildman–Crippen MR) is 150 cm³/mol. The molecule has 2 saturated heterocycles. The Hall–Kier alpha value is -2.22. The number of imidazole rings is 1. The van der Waals surface area contributed by atoms with Gasteiger partial charge in [-0.3, -0.25) is 0 Å². The van der Waals surface area contributed by atoms with E-state index in [4.69, 9.17) is 4.98 Å². The third-order valence-corrected chi connectivity index (χ3v) is 10.1. The lowest BCUT2D eigenvalue weighted by Crippen LogP contribution is -2.67. The zero-order chi connectivity index (χ0) is 25.9. The number of sulfone groups is 1. The molecule has 0 amide bonds. The van der Waals surface area contributed by atoms with Crippen molar-refractivity contribution in [2.24, 2.45) is 11.3 Å². The third-order valence-electron chi connectivity index (χ3n) is 8.95. The summed E-state index contributed by atoms with van der Waals surface area (Å²) in [4.78, 5) is 14.1. The van der Waals surface area contributed by atoms with Gasteiger partial charge in [-0.1, -0.05) is 19.9 Å². The number of piperidine rings is 1. The molecule has 198 valence electrons. The van der Waals surface area contributed by atoms with Gasteiger partial charge in [-0.25, -0.2) is 13.4 Å². The van der Waals surface area contributed by atoms with Gasteiger partial charge >= 0.3 is 0 Å². The number of nitrogens with zero attached hydrogens (tertiary/aromatic N) is 3. The highest BCUT2D eigenvalue weighted by molar-refractivity contribution is 7.90. The van der Waals surface area contributed by atoms with Crippen molar-refractivity contribution in [2.75, 3.05) is 39.0 Å². The average Bonchev–Trinajstić information content (AvgIpc) is 3.24. The van der Waals surface area contributed by atoms with Crippen molar-refractivity contribution in [1.29, 1.82) is 0 Å². The van der Waals surface area contributed by atoms with E-state index in [0.717, 1.165) is 34.4 Å². The van der Waals surface area contributed by atoms with Gasteiger partial charge in [0.15, 0.2) is 9.84 Å². The summed E-state index contributed by atoms with van der Waals surface area (Å²) in [6.45, 7) is 13.1. The topological polar surface area (TPSA) is 69.3 Å². The molecule has 1 spiro atoms. The third kappa shape index (κ3) is 4.86. The quantitative estimate of drug-likeness (QED) is 0.481. The molecule has 37 heavy (non-hydrogen) atoms. The minimum absolute atomic E-state index is 0.329. The molecule has 6 nitrogen and oxygen atoms in total. The Bertz CT molecular complexity index is 1390. The second-order valence-electron chi connectivity index (χ2n) is 12.6. The van der Waals surface area contributed by atoms with Crippen LogP contribution in [0.3, 0.4) is 0 Å². The van der Waals surface area contributed by atoms with Crippen LogP contribution in [0.2, 0.25) is 0 Å². The Morgan fingerprint density at radius 1 is 1.08 bits per heavy atom. The highest BCUT2D eigenvalue weighted by Crippen LogP contribution is 2.51. The molecule has 1 N–H and O–H groups in total. The Kier molecular flexibility index (Phi) is 6.24. The molecular formula is C30H40N4O2S. The van der Waals surface area contributed by atoms with Crippen LogP contribution in [0.1, 0.15) is 56.6 Å². The van der Waals surface area contributed by atoms with Crippen LogP contribution >= 0.6 is 0 Å². The average molecular weight is 521 g/mol. The summed E-state index contributed by atoms with van der Waals surface area (Å²) < 4.78 is 23.6. The molecule has 2 aromatic carbocycles. The van der Waals surface area contributed by atoms with Crippen molar-refractivity contribution in [2.45, 2.75) is 63.3 Å². The van der Waals surface area contributed by atoms with E-state index in [1.165, 1.54) is 75.8 Å². The van der Waals surface area contributed by atoms with Crippen molar-refractivity contribution in [1.82, 2.24) is 19.8 Å². The number of hydrogen-bond acceptors (Lipinski definition) is 5. The fourth-order valence-electron chi connectivity index (χ4n) is 7.15. The molecule has 0 unspecified atom stereocenters. The molecule has 1 aromatic heterocycles. The van der Waals surface area contributed by atoms with Crippen LogP contribution in [-0.4, -0.2) is 73.2 Å². The van der Waals surface area contributed by atoms with Gasteiger partial charge in [-0.05, 0) is 104 Å². The summed E-state index contributed by atoms with van der Waals surface area (Å²) in [5, 5.41) is 0. The van der Waals surface area contributed by atoms with E-state index in [-0.39, 0.29) is 0 Å². The van der Waals surface area contributed by atoms with Gasteiger partial charge in [0.25, 0.3) is 0 Å². The highest BCUT2D eigenvalue weighted by Gasteiger charge is 2.53. The number of aromatic nitrogens is 2. The molecule has 6 rings (SSSR count). The molecule has 7 heteroatoms. The van der Waals surface area contributed by atoms with E-state index in [1.807, 2.05) is 12.1 Å². The van der Waals surface area contributed by atoms with E-state index in [2.05, 4.69) is 47.7 Å². The maximum absolute atomic E-state index is 11.8. The molecule has 0 bridgehead atoms. The molecule has 0 atom stereocenters. The zero-order valence-corrected chi connectivity index (χ0v) is 23.4. The second kappa shape index (κ2) is 9.21. The number of fused-ring (bicyclic) bond motifs is 1. The van der Waals surface area contributed by atoms with E-state index in [1.54, 1.807) is 12.1 Å². The van der Waals surface area contributed by atoms with Gasteiger partial charge in [0, 0.05) is 37.5 Å². The molecule has 1 aliphatic carbocycles. The normalized spacial score (nSPS) is 21.5. The van der Waals surface area contributed by atoms with Crippen molar-refractivity contribution in [3.05, 3.63) is 47.5 Å². The number of rotatable bonds is 6. The lowest BCUT2D eigenvalue weighted by molar-refractivity contribution is -0.115. The number of nitrogens with one attached hydrogen (secondary N) is 1. The molecule has 0 radical (unpaired) electrons. The molecule has 2 aliphatic heterocycles. The summed E-state index contributed by atoms with van der Waals surface area (Å²) in [5.41, 5.74) is 6.21. The van der Waals surface area contributed by atoms with Crippen LogP contribution in [0.5, 0.6) is 0 Å². The Balaban J connectivity index is 1.09. The standard InChI is InChI=1S/C30H40N4O2S/c1-20(2)17-33-18-30(19-33)15-25(16-30)34-11-9-22(10-12-34)24-13-21(3)28-27(14-24)31-29(32-28)23-5-7-26(8-6-23)37(4,35)36/h5-8,13-14,20,22,25H,9-12,15-19H2,1-4H3,(H,31,32). The summed E-state index contributed by atoms with van der Waals surface area (Å²) >= 11 is 0. The smallest absolute Gasteiger partial charge is 0.175 e. The van der Waals surface area contributed by atoms with Crippen molar-refractivity contribution >= 4 is 20.9 Å². The number of H-pyrrole nitrogens is 1. The first-order chi connectivity index (χ1) is 17.6. The first-order valence-electron chi connectivity index (χ1n) is 13.9. The first-order valence-corrected chi connectivity index (χ1v) is 15.7. The van der Waals surface area contributed by atoms with E-state index in [9.17, 15) is 8.42 Å². The number of benzene rings is 2. The van der Waals surface area contributed by atoms with E-state index >= 15 is 0 Å². The second-order valence-corrected chi connectivity index (χ2v) is 14.6. The van der Waals surface area contributed by atoms with Crippen molar-refractivity contribution in [3.8, 4) is 11.4 Å². The maximum Gasteiger partial charge on any atom is 0.175 e. The van der Waals surface area contributed by atoms with Crippen LogP contribution < -0.4 is 0 Å². The van der Waals surface area contributed by atoms with Gasteiger partial charge in [0.05, 0.1) is 15.9 Å². The minimum atomic E-state index is -3.21.